The molecule has 2 amide bonds. The highest BCUT2D eigenvalue weighted by atomic mass is 35.5. The smallest absolute Gasteiger partial charge is 0.414 e. The number of phenolic OH excluding ortho intramolecular Hbond substituents is 1. The van der Waals surface area contributed by atoms with Gasteiger partial charge in [-0.25, -0.2) is 4.79 Å². The first kappa shape index (κ1) is 22.3. The quantitative estimate of drug-likeness (QED) is 0.375. The average Bonchev–Trinajstić information content (AvgIpc) is 2.76. The molecule has 11 heteroatoms. The Kier molecular flexibility index (Phi) is 7.05. The molecule has 1 aromatic heterocycles. The number of alkyl carbamates (subject to hydrolysis) is 1. The third-order valence-electron chi connectivity index (χ3n) is 3.93. The summed E-state index contributed by atoms with van der Waals surface area (Å²) in [5.41, 5.74) is 2.73. The van der Waals surface area contributed by atoms with Crippen LogP contribution in [0.2, 0.25) is 5.02 Å². The number of carbonyl (C=O) groups is 2. The Bertz CT molecular complexity index is 1230. The molecule has 0 aliphatic rings. The zero-order valence-electron chi connectivity index (χ0n) is 16.6. The summed E-state index contributed by atoms with van der Waals surface area (Å²) in [4.78, 5) is 27.4. The molecule has 0 saturated heterocycles. The SMILES string of the molecule is CCOC(=O)NC(=O)/C(C#N)=N/Nc1cc(O)c(Oc2ccc3ncccc3c2)c(Cl)c1. The number of nitrogens with one attached hydrogen (secondary N) is 2. The van der Waals surface area contributed by atoms with Gasteiger partial charge < -0.3 is 14.6 Å². The van der Waals surface area contributed by atoms with Crippen molar-refractivity contribution in [1.29, 1.82) is 5.26 Å². The van der Waals surface area contributed by atoms with E-state index < -0.39 is 17.7 Å². The number of aromatic hydroxyl groups is 1. The number of benzene rings is 2. The summed E-state index contributed by atoms with van der Waals surface area (Å²) in [7, 11) is 0. The number of hydrogen-bond donors (Lipinski definition) is 3. The zero-order valence-corrected chi connectivity index (χ0v) is 17.4. The Hall–Kier alpha value is -4.36. The van der Waals surface area contributed by atoms with E-state index in [0.29, 0.717) is 5.75 Å². The highest BCUT2D eigenvalue weighted by molar-refractivity contribution is 6.46. The number of fused-ring (bicyclic) bond motifs is 1. The number of hydrazone groups is 1. The molecule has 1 heterocycles. The van der Waals surface area contributed by atoms with Crippen molar-refractivity contribution >= 4 is 45.9 Å². The number of aromatic nitrogens is 1. The molecule has 3 aromatic rings. The van der Waals surface area contributed by atoms with Crippen LogP contribution in [0.5, 0.6) is 17.2 Å². The number of rotatable bonds is 6. The molecule has 10 nitrogen and oxygen atoms in total. The average molecular weight is 454 g/mol. The van der Waals surface area contributed by atoms with Gasteiger partial charge in [0.1, 0.15) is 11.8 Å². The Morgan fingerprint density at radius 3 is 2.81 bits per heavy atom. The topological polar surface area (TPSA) is 146 Å². The van der Waals surface area contributed by atoms with Crippen LogP contribution < -0.4 is 15.5 Å². The van der Waals surface area contributed by atoms with Gasteiger partial charge in [0.15, 0.2) is 11.5 Å². The van der Waals surface area contributed by atoms with Crippen LogP contribution in [0.15, 0.2) is 53.8 Å². The van der Waals surface area contributed by atoms with E-state index in [9.17, 15) is 14.7 Å². The number of nitrogens with zero attached hydrogens (tertiary/aromatic N) is 3. The molecule has 0 radical (unpaired) electrons. The fourth-order valence-corrected chi connectivity index (χ4v) is 2.80. The highest BCUT2D eigenvalue weighted by Crippen LogP contribution is 2.40. The zero-order chi connectivity index (χ0) is 23.1. The van der Waals surface area contributed by atoms with E-state index in [1.807, 2.05) is 11.4 Å². The van der Waals surface area contributed by atoms with E-state index in [1.165, 1.54) is 12.1 Å². The van der Waals surface area contributed by atoms with Crippen LogP contribution in [0, 0.1) is 11.3 Å². The molecular formula is C21H16ClN5O5. The van der Waals surface area contributed by atoms with Crippen molar-refractivity contribution in [2.45, 2.75) is 6.92 Å². The summed E-state index contributed by atoms with van der Waals surface area (Å²) in [6.45, 7) is 1.62. The number of halogens is 1. The second-order valence-electron chi connectivity index (χ2n) is 6.12. The predicted molar refractivity (Wildman–Crippen MR) is 117 cm³/mol. The molecule has 3 N–H and O–H groups in total. The Morgan fingerprint density at radius 1 is 1.28 bits per heavy atom. The van der Waals surface area contributed by atoms with Crippen LogP contribution in [-0.4, -0.2) is 34.4 Å². The second-order valence-corrected chi connectivity index (χ2v) is 6.53. The fraction of sp³-hybridized carbons (Fsp3) is 0.0952. The maximum absolute atomic E-state index is 11.9. The second kappa shape index (κ2) is 10.1. The van der Waals surface area contributed by atoms with Crippen LogP contribution in [-0.2, 0) is 9.53 Å². The van der Waals surface area contributed by atoms with E-state index in [4.69, 9.17) is 21.6 Å². The number of anilines is 1. The lowest BCUT2D eigenvalue weighted by Gasteiger charge is -2.12. The summed E-state index contributed by atoms with van der Waals surface area (Å²) in [6.07, 6.45) is 0.671. The third kappa shape index (κ3) is 5.41. The monoisotopic (exact) mass is 453 g/mol. The first-order chi connectivity index (χ1) is 15.4. The van der Waals surface area contributed by atoms with Gasteiger partial charge in [0.25, 0.3) is 5.91 Å². The number of imide groups is 1. The molecule has 0 atom stereocenters. The lowest BCUT2D eigenvalue weighted by atomic mass is 10.2. The van der Waals surface area contributed by atoms with Gasteiger partial charge in [-0.2, -0.15) is 10.4 Å². The molecule has 32 heavy (non-hydrogen) atoms. The maximum Gasteiger partial charge on any atom is 0.414 e. The molecule has 0 unspecified atom stereocenters. The first-order valence-corrected chi connectivity index (χ1v) is 9.56. The number of phenols is 1. The van der Waals surface area contributed by atoms with Gasteiger partial charge in [-0.3, -0.25) is 20.5 Å². The normalized spacial score (nSPS) is 10.8. The molecular weight excluding hydrogens is 438 g/mol. The van der Waals surface area contributed by atoms with E-state index in [2.05, 4.69) is 20.2 Å². The molecule has 0 spiro atoms. The largest absolute Gasteiger partial charge is 0.504 e. The van der Waals surface area contributed by atoms with Crippen molar-refractivity contribution in [3.63, 3.8) is 0 Å². The minimum absolute atomic E-state index is 0.00463. The van der Waals surface area contributed by atoms with Crippen molar-refractivity contribution in [1.82, 2.24) is 10.3 Å². The molecule has 0 saturated carbocycles. The van der Waals surface area contributed by atoms with Gasteiger partial charge in [0, 0.05) is 17.6 Å². The van der Waals surface area contributed by atoms with Gasteiger partial charge in [-0.1, -0.05) is 17.7 Å². The van der Waals surface area contributed by atoms with Gasteiger partial charge in [0.2, 0.25) is 5.71 Å². The number of pyridine rings is 1. The van der Waals surface area contributed by atoms with E-state index >= 15 is 0 Å². The number of hydrogen-bond acceptors (Lipinski definition) is 9. The lowest BCUT2D eigenvalue weighted by molar-refractivity contribution is -0.114. The fourth-order valence-electron chi connectivity index (χ4n) is 2.55. The standard InChI is InChI=1S/C21H16ClN5O5/c1-2-31-21(30)25-20(29)17(11-23)27-26-13-9-15(22)19(18(28)10-13)32-14-5-6-16-12(8-14)4-3-7-24-16/h3-10,26,28H,2H2,1H3,(H,25,29,30)/b27-17+. The Morgan fingerprint density at radius 2 is 2.09 bits per heavy atom. The maximum atomic E-state index is 11.9. The summed E-state index contributed by atoms with van der Waals surface area (Å²) < 4.78 is 10.3. The number of carbonyl (C=O) groups excluding carboxylic acids is 2. The van der Waals surface area contributed by atoms with Crippen molar-refractivity contribution in [3.8, 4) is 23.3 Å². The number of amides is 2. The molecule has 0 fully saturated rings. The van der Waals surface area contributed by atoms with Crippen LogP contribution in [0.3, 0.4) is 0 Å². The predicted octanol–water partition coefficient (Wildman–Crippen LogP) is 3.95. The van der Waals surface area contributed by atoms with Gasteiger partial charge in [0.05, 0.1) is 22.8 Å². The highest BCUT2D eigenvalue weighted by Gasteiger charge is 2.16. The summed E-state index contributed by atoms with van der Waals surface area (Å²) in [5.74, 6) is -0.927. The lowest BCUT2D eigenvalue weighted by Crippen LogP contribution is -2.36. The summed E-state index contributed by atoms with van der Waals surface area (Å²) in [6, 6.07) is 13.0. The Balaban J connectivity index is 1.76. The molecule has 0 aliphatic heterocycles. The van der Waals surface area contributed by atoms with Crippen molar-refractivity contribution < 1.29 is 24.2 Å². The van der Waals surface area contributed by atoms with Gasteiger partial charge >= 0.3 is 6.09 Å². The van der Waals surface area contributed by atoms with E-state index in [-0.39, 0.29) is 28.8 Å². The van der Waals surface area contributed by atoms with Crippen molar-refractivity contribution in [2.75, 3.05) is 12.0 Å². The summed E-state index contributed by atoms with van der Waals surface area (Å²) in [5, 5.41) is 25.8. The molecule has 0 aliphatic carbocycles. The van der Waals surface area contributed by atoms with E-state index in [1.54, 1.807) is 43.5 Å². The van der Waals surface area contributed by atoms with Crippen LogP contribution in [0.25, 0.3) is 10.9 Å². The van der Waals surface area contributed by atoms with Crippen molar-refractivity contribution in [3.05, 3.63) is 53.7 Å². The summed E-state index contributed by atoms with van der Waals surface area (Å²) >= 11 is 6.23. The van der Waals surface area contributed by atoms with E-state index in [0.717, 1.165) is 10.9 Å². The van der Waals surface area contributed by atoms with Gasteiger partial charge in [-0.15, -0.1) is 0 Å². The van der Waals surface area contributed by atoms with Crippen LogP contribution >= 0.6 is 11.6 Å². The molecule has 0 bridgehead atoms. The molecule has 3 rings (SSSR count). The number of ether oxygens (including phenoxy) is 2. The van der Waals surface area contributed by atoms with Crippen LogP contribution in [0.4, 0.5) is 10.5 Å². The molecule has 162 valence electrons. The van der Waals surface area contributed by atoms with Crippen molar-refractivity contribution in [2.24, 2.45) is 5.10 Å². The Labute approximate surface area is 187 Å². The minimum atomic E-state index is -1.06. The minimum Gasteiger partial charge on any atom is -0.504 e. The third-order valence-corrected chi connectivity index (χ3v) is 4.21. The number of nitriles is 1. The first-order valence-electron chi connectivity index (χ1n) is 9.18. The van der Waals surface area contributed by atoms with Crippen LogP contribution in [0.1, 0.15) is 6.92 Å². The van der Waals surface area contributed by atoms with Gasteiger partial charge in [-0.05, 0) is 37.3 Å². The molecule has 2 aromatic carbocycles.